The highest BCUT2D eigenvalue weighted by molar-refractivity contribution is 8.00. The van der Waals surface area contributed by atoms with Crippen LogP contribution in [0.4, 0.5) is 5.69 Å². The summed E-state index contributed by atoms with van der Waals surface area (Å²) in [7, 11) is 1.55. The SMILES string of the molecule is COc1ccc(Cl)cc1NC(=O)C(C)Sc1nnc(-c2cccs2)n1CC1CCCO1. The summed E-state index contributed by atoms with van der Waals surface area (Å²) in [5.74, 6) is 1.18. The largest absolute Gasteiger partial charge is 0.495 e. The van der Waals surface area contributed by atoms with Crippen molar-refractivity contribution in [2.75, 3.05) is 19.0 Å². The Hall–Kier alpha value is -2.07. The van der Waals surface area contributed by atoms with Crippen molar-refractivity contribution in [3.8, 4) is 16.5 Å². The second-order valence-electron chi connectivity index (χ2n) is 7.12. The molecule has 31 heavy (non-hydrogen) atoms. The molecule has 10 heteroatoms. The fourth-order valence-corrected chi connectivity index (χ4v) is 5.09. The summed E-state index contributed by atoms with van der Waals surface area (Å²) in [5, 5.41) is 14.5. The standard InChI is InChI=1S/C21H23ClN4O3S2/c1-13(20(27)23-16-11-14(22)7-8-17(16)28-2)31-21-25-24-19(18-6-4-10-30-18)26(21)12-15-5-3-9-29-15/h4,6-8,10-11,13,15H,3,5,9,12H2,1-2H3,(H,23,27). The molecule has 1 aliphatic heterocycles. The first-order valence-electron chi connectivity index (χ1n) is 9.95. The average molecular weight is 479 g/mol. The molecule has 2 unspecified atom stereocenters. The molecule has 3 heterocycles. The lowest BCUT2D eigenvalue weighted by molar-refractivity contribution is -0.115. The monoisotopic (exact) mass is 478 g/mol. The number of amides is 1. The molecule has 1 fully saturated rings. The van der Waals surface area contributed by atoms with Gasteiger partial charge in [-0.3, -0.25) is 9.36 Å². The molecule has 3 aromatic rings. The van der Waals surface area contributed by atoms with Crippen LogP contribution < -0.4 is 10.1 Å². The molecule has 0 saturated carbocycles. The van der Waals surface area contributed by atoms with Crippen LogP contribution >= 0.6 is 34.7 Å². The molecule has 1 aromatic carbocycles. The van der Waals surface area contributed by atoms with E-state index in [1.165, 1.54) is 11.8 Å². The van der Waals surface area contributed by atoms with Gasteiger partial charge in [0.25, 0.3) is 0 Å². The minimum Gasteiger partial charge on any atom is -0.495 e. The number of carbonyl (C=O) groups is 1. The molecule has 4 rings (SSSR count). The molecule has 2 aromatic heterocycles. The second kappa shape index (κ2) is 10.0. The van der Waals surface area contributed by atoms with Crippen LogP contribution in [0.5, 0.6) is 5.75 Å². The van der Waals surface area contributed by atoms with Crippen LogP contribution in [0.3, 0.4) is 0 Å². The number of nitrogens with zero attached hydrogens (tertiary/aromatic N) is 3. The normalized spacial score (nSPS) is 16.9. The molecule has 1 aliphatic rings. The number of ether oxygens (including phenoxy) is 2. The van der Waals surface area contributed by atoms with Crippen LogP contribution in [0.25, 0.3) is 10.7 Å². The Balaban J connectivity index is 1.52. The van der Waals surface area contributed by atoms with Gasteiger partial charge in [0.05, 0.1) is 35.6 Å². The summed E-state index contributed by atoms with van der Waals surface area (Å²) in [4.78, 5) is 13.9. The lowest BCUT2D eigenvalue weighted by atomic mass is 10.2. The van der Waals surface area contributed by atoms with Crippen molar-refractivity contribution in [2.45, 2.75) is 42.8 Å². The highest BCUT2D eigenvalue weighted by Crippen LogP contribution is 2.32. The minimum atomic E-state index is -0.410. The molecule has 0 spiro atoms. The average Bonchev–Trinajstić information content (AvgIpc) is 3.51. The quantitative estimate of drug-likeness (QED) is 0.461. The van der Waals surface area contributed by atoms with Gasteiger partial charge >= 0.3 is 0 Å². The fraction of sp³-hybridized carbons (Fsp3) is 0.381. The fourth-order valence-electron chi connectivity index (χ4n) is 3.34. The number of methoxy groups -OCH3 is 1. The summed E-state index contributed by atoms with van der Waals surface area (Å²) in [6, 6.07) is 9.13. The number of thiophene rings is 1. The Bertz CT molecular complexity index is 1040. The number of halogens is 1. The Labute approximate surface area is 194 Å². The lowest BCUT2D eigenvalue weighted by Crippen LogP contribution is -2.24. The number of hydrogen-bond acceptors (Lipinski definition) is 7. The number of benzene rings is 1. The molecule has 164 valence electrons. The van der Waals surface area contributed by atoms with E-state index in [1.807, 2.05) is 24.4 Å². The van der Waals surface area contributed by atoms with Crippen LogP contribution in [0.2, 0.25) is 5.02 Å². The van der Waals surface area contributed by atoms with Crippen LogP contribution in [0.1, 0.15) is 19.8 Å². The molecule has 0 aliphatic carbocycles. The van der Waals surface area contributed by atoms with Crippen molar-refractivity contribution in [3.05, 3.63) is 40.7 Å². The second-order valence-corrected chi connectivity index (χ2v) is 9.82. The van der Waals surface area contributed by atoms with E-state index >= 15 is 0 Å². The van der Waals surface area contributed by atoms with E-state index in [9.17, 15) is 4.79 Å². The number of hydrogen-bond donors (Lipinski definition) is 1. The number of nitrogens with one attached hydrogen (secondary N) is 1. The molecular formula is C21H23ClN4O3S2. The third-order valence-corrected chi connectivity index (χ3v) is 7.12. The van der Waals surface area contributed by atoms with Gasteiger partial charge < -0.3 is 14.8 Å². The van der Waals surface area contributed by atoms with Crippen molar-refractivity contribution in [2.24, 2.45) is 0 Å². The van der Waals surface area contributed by atoms with Gasteiger partial charge in [-0.05, 0) is 49.4 Å². The predicted octanol–water partition coefficient (Wildman–Crippen LogP) is 4.97. The zero-order valence-corrected chi connectivity index (χ0v) is 19.6. The Kier molecular flexibility index (Phi) is 7.16. The molecule has 1 N–H and O–H groups in total. The highest BCUT2D eigenvalue weighted by atomic mass is 35.5. The summed E-state index contributed by atoms with van der Waals surface area (Å²) < 4.78 is 13.2. The molecule has 7 nitrogen and oxygen atoms in total. The first kappa shape index (κ1) is 22.1. The van der Waals surface area contributed by atoms with E-state index in [-0.39, 0.29) is 12.0 Å². The van der Waals surface area contributed by atoms with Crippen LogP contribution in [-0.4, -0.2) is 45.7 Å². The number of aromatic nitrogens is 3. The Morgan fingerprint density at radius 1 is 1.45 bits per heavy atom. The maximum Gasteiger partial charge on any atom is 0.237 e. The summed E-state index contributed by atoms with van der Waals surface area (Å²) in [5.41, 5.74) is 0.535. The van der Waals surface area contributed by atoms with Crippen molar-refractivity contribution in [1.82, 2.24) is 14.8 Å². The van der Waals surface area contributed by atoms with E-state index in [1.54, 1.807) is 36.6 Å². The molecular weight excluding hydrogens is 456 g/mol. The lowest BCUT2D eigenvalue weighted by Gasteiger charge is -2.17. The van der Waals surface area contributed by atoms with Gasteiger partial charge in [0, 0.05) is 11.6 Å². The molecule has 1 amide bonds. The van der Waals surface area contributed by atoms with Gasteiger partial charge in [-0.15, -0.1) is 21.5 Å². The summed E-state index contributed by atoms with van der Waals surface area (Å²) >= 11 is 9.06. The highest BCUT2D eigenvalue weighted by Gasteiger charge is 2.25. The summed E-state index contributed by atoms with van der Waals surface area (Å²) in [6.45, 7) is 3.29. The number of carbonyl (C=O) groups excluding carboxylic acids is 1. The number of rotatable bonds is 8. The minimum absolute atomic E-state index is 0.133. The first-order valence-corrected chi connectivity index (χ1v) is 12.1. The van der Waals surface area contributed by atoms with Gasteiger partial charge in [0.15, 0.2) is 11.0 Å². The third kappa shape index (κ3) is 5.23. The zero-order chi connectivity index (χ0) is 21.8. The zero-order valence-electron chi connectivity index (χ0n) is 17.2. The topological polar surface area (TPSA) is 78.3 Å². The van der Waals surface area contributed by atoms with Crippen molar-refractivity contribution >= 4 is 46.3 Å². The van der Waals surface area contributed by atoms with Crippen LogP contribution in [0, 0.1) is 0 Å². The van der Waals surface area contributed by atoms with Gasteiger partial charge in [0.2, 0.25) is 5.91 Å². The Morgan fingerprint density at radius 3 is 3.03 bits per heavy atom. The smallest absolute Gasteiger partial charge is 0.237 e. The van der Waals surface area contributed by atoms with Gasteiger partial charge in [-0.2, -0.15) is 0 Å². The summed E-state index contributed by atoms with van der Waals surface area (Å²) in [6.07, 6.45) is 2.20. The van der Waals surface area contributed by atoms with Gasteiger partial charge in [-0.25, -0.2) is 0 Å². The Morgan fingerprint density at radius 2 is 2.32 bits per heavy atom. The van der Waals surface area contributed by atoms with Crippen molar-refractivity contribution in [1.29, 1.82) is 0 Å². The number of anilines is 1. The molecule has 1 saturated heterocycles. The van der Waals surface area contributed by atoms with Gasteiger partial charge in [0.1, 0.15) is 5.75 Å². The maximum absolute atomic E-state index is 12.9. The molecule has 0 bridgehead atoms. The number of thioether (sulfide) groups is 1. The maximum atomic E-state index is 12.9. The van der Waals surface area contributed by atoms with E-state index in [4.69, 9.17) is 21.1 Å². The molecule has 0 radical (unpaired) electrons. The van der Waals surface area contributed by atoms with E-state index in [0.717, 1.165) is 30.2 Å². The van der Waals surface area contributed by atoms with E-state index in [2.05, 4.69) is 20.1 Å². The van der Waals surface area contributed by atoms with Crippen LogP contribution in [-0.2, 0) is 16.1 Å². The van der Waals surface area contributed by atoms with Crippen LogP contribution in [0.15, 0.2) is 40.9 Å². The first-order chi connectivity index (χ1) is 15.0. The van der Waals surface area contributed by atoms with Gasteiger partial charge in [-0.1, -0.05) is 29.4 Å². The van der Waals surface area contributed by atoms with E-state index < -0.39 is 5.25 Å². The predicted molar refractivity (Wildman–Crippen MR) is 124 cm³/mol. The third-order valence-electron chi connectivity index (χ3n) is 4.94. The van der Waals surface area contributed by atoms with Crippen molar-refractivity contribution in [3.63, 3.8) is 0 Å². The van der Waals surface area contributed by atoms with Crippen molar-refractivity contribution < 1.29 is 14.3 Å². The van der Waals surface area contributed by atoms with E-state index in [0.29, 0.717) is 28.2 Å². The molecule has 2 atom stereocenters.